The highest BCUT2D eigenvalue weighted by Gasteiger charge is 2.66. The van der Waals surface area contributed by atoms with E-state index in [0.29, 0.717) is 23.3 Å². The number of hydrogen-bond acceptors (Lipinski definition) is 8. The molecule has 3 saturated carbocycles. The van der Waals surface area contributed by atoms with E-state index < -0.39 is 49.1 Å². The Hall–Kier alpha value is -4.42. The summed E-state index contributed by atoms with van der Waals surface area (Å²) in [6.45, 7) is -5.42. The summed E-state index contributed by atoms with van der Waals surface area (Å²) in [5.74, 6) is 0.0393. The molecule has 41 heavy (non-hydrogen) atoms. The first-order valence-electron chi connectivity index (χ1n) is 16.9. The van der Waals surface area contributed by atoms with Gasteiger partial charge in [-0.15, -0.1) is 0 Å². The van der Waals surface area contributed by atoms with Gasteiger partial charge in [0.1, 0.15) is 17.2 Å². The van der Waals surface area contributed by atoms with Crippen molar-refractivity contribution in [2.45, 2.75) is 63.0 Å². The third kappa shape index (κ3) is 3.97. The van der Waals surface area contributed by atoms with Gasteiger partial charge >= 0.3 is 11.8 Å². The third-order valence-corrected chi connectivity index (χ3v) is 8.62. The fraction of sp³-hybridized carbons (Fsp3) is 0.500. The zero-order valence-corrected chi connectivity index (χ0v) is 22.2. The largest absolute Gasteiger partial charge is 0.453 e. The molecule has 3 aliphatic carbocycles. The average Bonchev–Trinajstić information content (AvgIpc) is 3.87. The summed E-state index contributed by atoms with van der Waals surface area (Å²) in [7, 11) is 1.18. The number of nitrogens with two attached hydrogens (primary N) is 1. The van der Waals surface area contributed by atoms with E-state index in [2.05, 4.69) is 30.4 Å². The van der Waals surface area contributed by atoms with Crippen molar-refractivity contribution in [1.29, 1.82) is 0 Å². The molecule has 0 radical (unpaired) electrons. The Morgan fingerprint density at radius 2 is 2.07 bits per heavy atom. The molecule has 4 atom stereocenters. The molecule has 13 heteroatoms. The monoisotopic (exact) mass is 566 g/mol. The number of ether oxygens (including phenoxy) is 1. The van der Waals surface area contributed by atoms with E-state index in [1.54, 1.807) is 6.07 Å². The summed E-state index contributed by atoms with van der Waals surface area (Å²) in [5, 5.41) is 10.2. The molecule has 0 aliphatic heterocycles. The van der Waals surface area contributed by atoms with Crippen LogP contribution in [0.3, 0.4) is 0 Å². The maximum absolute atomic E-state index is 13.6. The predicted octanol–water partition coefficient (Wildman–Crippen LogP) is 2.59. The summed E-state index contributed by atoms with van der Waals surface area (Å²) in [4.78, 5) is 47.3. The predicted molar refractivity (Wildman–Crippen MR) is 151 cm³/mol. The molecule has 3 fully saturated rings. The van der Waals surface area contributed by atoms with Gasteiger partial charge in [0.25, 0.3) is 0 Å². The average molecular weight is 567 g/mol. The molecule has 4 unspecified atom stereocenters. The summed E-state index contributed by atoms with van der Waals surface area (Å²) >= 11 is 0. The second kappa shape index (κ2) is 9.05. The minimum absolute atomic E-state index is 0.0186. The quantitative estimate of drug-likeness (QED) is 0.307. The molecule has 13 nitrogen and oxygen atoms in total. The van der Waals surface area contributed by atoms with Gasteiger partial charge in [-0.3, -0.25) is 13.9 Å². The number of methoxy groups -OCH3 is 1. The van der Waals surface area contributed by atoms with Crippen LogP contribution in [0.1, 0.15) is 59.9 Å². The van der Waals surface area contributed by atoms with Gasteiger partial charge in [-0.05, 0) is 69.3 Å². The molecule has 0 bridgehead atoms. The van der Waals surface area contributed by atoms with Crippen molar-refractivity contribution >= 4 is 45.7 Å². The van der Waals surface area contributed by atoms with Crippen LogP contribution in [-0.2, 0) is 22.0 Å². The number of hydrogen-bond donors (Lipinski definition) is 3. The Morgan fingerprint density at radius 1 is 1.22 bits per heavy atom. The molecule has 7 rings (SSSR count). The van der Waals surface area contributed by atoms with E-state index >= 15 is 0 Å². The van der Waals surface area contributed by atoms with Crippen molar-refractivity contribution in [1.82, 2.24) is 34.2 Å². The number of pyridine rings is 2. The molecule has 4 aromatic heterocycles. The smallest absolute Gasteiger partial charge is 0.407 e. The first-order valence-corrected chi connectivity index (χ1v) is 13.4. The number of amides is 2. The van der Waals surface area contributed by atoms with E-state index in [9.17, 15) is 14.4 Å². The number of imidazole rings is 1. The van der Waals surface area contributed by atoms with Crippen LogP contribution in [0.4, 0.5) is 16.4 Å². The maximum Gasteiger partial charge on any atom is 0.407 e. The molecular weight excluding hydrogens is 526 g/mol. The molecule has 3 aliphatic rings. The van der Waals surface area contributed by atoms with Crippen molar-refractivity contribution in [2.75, 3.05) is 12.4 Å². The Labute approximate surface area is 244 Å². The summed E-state index contributed by atoms with van der Waals surface area (Å²) in [5.41, 5.74) is 4.14. The van der Waals surface area contributed by atoms with Crippen LogP contribution in [-0.4, -0.2) is 54.0 Å². The molecule has 4 N–H and O–H groups in total. The lowest BCUT2D eigenvalue weighted by Gasteiger charge is -2.16. The Bertz CT molecular complexity index is 2050. The number of anilines is 2. The lowest BCUT2D eigenvalue weighted by Crippen LogP contribution is -2.37. The maximum atomic E-state index is 13.6. The van der Waals surface area contributed by atoms with Gasteiger partial charge < -0.3 is 21.1 Å². The van der Waals surface area contributed by atoms with Crippen LogP contribution in [0.25, 0.3) is 22.1 Å². The highest BCUT2D eigenvalue weighted by Crippen LogP contribution is 2.61. The van der Waals surface area contributed by atoms with Gasteiger partial charge in [0.15, 0.2) is 5.65 Å². The topological polar surface area (TPSA) is 164 Å². The van der Waals surface area contributed by atoms with E-state index in [1.807, 2.05) is 0 Å². The minimum atomic E-state index is -2.83. The van der Waals surface area contributed by atoms with Gasteiger partial charge in [-0.1, -0.05) is 0 Å². The molecule has 0 spiro atoms. The standard InChI is InChI=1S/C28H33N9O4/c1-14-18-8-9-22(33-24(18)37(34-14)28(25(29)38)12-19(28)15-4-5-15)32-23-11-20-21(13-30-23)35(2)27(40)36(20)17-7-6-16(10-17)31-26(39)41-3/h8-9,11,13,15-17,19H,4-7,10,12H2,1-3H3,(H2,29,38)(H,31,39)(H,30,32,33)/i1D3,2D3,16D. The number of nitrogens with zero attached hydrogens (tertiary/aromatic N) is 6. The first kappa shape index (κ1) is 18.8. The van der Waals surface area contributed by atoms with Crippen LogP contribution in [0, 0.1) is 18.7 Å². The Balaban J connectivity index is 1.29. The van der Waals surface area contributed by atoms with Crippen LogP contribution < -0.4 is 22.1 Å². The molecular formula is C28H33N9O4. The van der Waals surface area contributed by atoms with E-state index in [0.717, 1.165) is 12.8 Å². The van der Waals surface area contributed by atoms with Crippen LogP contribution in [0.5, 0.6) is 0 Å². The van der Waals surface area contributed by atoms with E-state index in [4.69, 9.17) is 15.3 Å². The van der Waals surface area contributed by atoms with Crippen molar-refractivity contribution in [3.63, 3.8) is 0 Å². The number of primary amides is 1. The van der Waals surface area contributed by atoms with Crippen molar-refractivity contribution < 1.29 is 23.9 Å². The number of aryl methyl sites for hydroxylation is 2. The number of carbonyl (C=O) groups is 2. The van der Waals surface area contributed by atoms with Crippen LogP contribution in [0.2, 0.25) is 0 Å². The highest BCUT2D eigenvalue weighted by molar-refractivity contribution is 5.90. The molecule has 214 valence electrons. The highest BCUT2D eigenvalue weighted by atomic mass is 16.5. The van der Waals surface area contributed by atoms with Gasteiger partial charge in [-0.2, -0.15) is 5.10 Å². The number of aromatic nitrogens is 6. The Kier molecular flexibility index (Phi) is 4.16. The van der Waals surface area contributed by atoms with Crippen molar-refractivity contribution in [3.05, 3.63) is 40.6 Å². The number of rotatable bonds is 7. The second-order valence-electron chi connectivity index (χ2n) is 11.1. The first-order chi connectivity index (χ1) is 22.5. The summed E-state index contributed by atoms with van der Waals surface area (Å²) in [6, 6.07) is 2.50. The zero-order valence-electron chi connectivity index (χ0n) is 29.2. The second-order valence-corrected chi connectivity index (χ2v) is 11.1. The van der Waals surface area contributed by atoms with Gasteiger partial charge in [0.2, 0.25) is 5.91 Å². The summed E-state index contributed by atoms with van der Waals surface area (Å²) in [6.07, 6.45) is 3.33. The molecule has 4 heterocycles. The fourth-order valence-corrected chi connectivity index (χ4v) is 6.33. The van der Waals surface area contributed by atoms with Crippen LogP contribution in [0.15, 0.2) is 29.2 Å². The number of alkyl carbamates (subject to hydrolysis) is 1. The number of carbonyl (C=O) groups excluding carboxylic acids is 2. The molecule has 2 amide bonds. The van der Waals surface area contributed by atoms with Crippen molar-refractivity contribution in [2.24, 2.45) is 24.5 Å². The van der Waals surface area contributed by atoms with Crippen molar-refractivity contribution in [3.8, 4) is 0 Å². The SMILES string of the molecule is [2H]C1(NC(=O)OC)CCC(n2c(=O)n(C([2H])([2H])[2H])c3cnc(Nc4ccc5c(C([2H])([2H])[2H])nn(C6(C(N)=O)CC6C6CC6)c5n4)cc32)C1. The van der Waals surface area contributed by atoms with Crippen LogP contribution >= 0.6 is 0 Å². The Morgan fingerprint density at radius 3 is 2.80 bits per heavy atom. The summed E-state index contributed by atoms with van der Waals surface area (Å²) < 4.78 is 64.9. The number of nitrogens with one attached hydrogen (secondary N) is 2. The fourth-order valence-electron chi connectivity index (χ4n) is 6.33. The number of fused-ring (bicyclic) bond motifs is 2. The van der Waals surface area contributed by atoms with Gasteiger partial charge in [-0.25, -0.2) is 24.2 Å². The molecule has 0 saturated heterocycles. The lowest BCUT2D eigenvalue weighted by molar-refractivity contribution is -0.123. The van der Waals surface area contributed by atoms with E-state index in [-0.39, 0.29) is 58.2 Å². The van der Waals surface area contributed by atoms with E-state index in [1.165, 1.54) is 34.7 Å². The molecule has 4 aromatic rings. The van der Waals surface area contributed by atoms with Gasteiger partial charge in [0, 0.05) is 38.7 Å². The normalized spacial score (nSPS) is 30.4. The zero-order chi connectivity index (χ0) is 34.6. The molecule has 0 aromatic carbocycles. The third-order valence-electron chi connectivity index (χ3n) is 8.62. The minimum Gasteiger partial charge on any atom is -0.453 e. The van der Waals surface area contributed by atoms with Gasteiger partial charge in [0.05, 0.1) is 31.4 Å². The lowest BCUT2D eigenvalue weighted by atomic mass is 10.1.